The van der Waals surface area contributed by atoms with Crippen LogP contribution in [0.15, 0.2) is 30.3 Å². The van der Waals surface area contributed by atoms with Gasteiger partial charge in [-0.2, -0.15) is 0 Å². The summed E-state index contributed by atoms with van der Waals surface area (Å²) in [5.41, 5.74) is 5.91. The summed E-state index contributed by atoms with van der Waals surface area (Å²) in [6.07, 6.45) is -0.327. The highest BCUT2D eigenvalue weighted by atomic mass is 16.6. The van der Waals surface area contributed by atoms with Gasteiger partial charge in [-0.05, 0) is 5.56 Å². The maximum Gasteiger partial charge on any atom is 0.409 e. The SMILES string of the molecule is CN(CCC(N)=O)C(=O)OCc1ccccc1. The summed E-state index contributed by atoms with van der Waals surface area (Å²) < 4.78 is 5.06. The Hall–Kier alpha value is -2.04. The standard InChI is InChI=1S/C12H16N2O3/c1-14(8-7-11(13)15)12(16)17-9-10-5-3-2-4-6-10/h2-6H,7-9H2,1H3,(H2,13,15). The number of carbonyl (C=O) groups is 2. The average Bonchev–Trinajstić information content (AvgIpc) is 2.34. The number of ether oxygens (including phenoxy) is 1. The summed E-state index contributed by atoms with van der Waals surface area (Å²) >= 11 is 0. The van der Waals surface area contributed by atoms with Crippen LogP contribution in [0.3, 0.4) is 0 Å². The minimum Gasteiger partial charge on any atom is -0.445 e. The Kier molecular flexibility index (Phi) is 5.00. The summed E-state index contributed by atoms with van der Waals surface area (Å²) in [7, 11) is 1.57. The molecule has 0 aliphatic heterocycles. The highest BCUT2D eigenvalue weighted by molar-refractivity contribution is 5.75. The number of nitrogens with two attached hydrogens (primary N) is 1. The molecule has 0 atom stereocenters. The van der Waals surface area contributed by atoms with Gasteiger partial charge in [-0.25, -0.2) is 4.79 Å². The number of nitrogens with zero attached hydrogens (tertiary/aromatic N) is 1. The van der Waals surface area contributed by atoms with Crippen LogP contribution in [0.1, 0.15) is 12.0 Å². The first kappa shape index (κ1) is 13.0. The van der Waals surface area contributed by atoms with Gasteiger partial charge in [-0.1, -0.05) is 30.3 Å². The number of rotatable bonds is 5. The van der Waals surface area contributed by atoms with E-state index in [1.165, 1.54) is 4.90 Å². The molecule has 0 radical (unpaired) electrons. The molecule has 92 valence electrons. The summed E-state index contributed by atoms with van der Waals surface area (Å²) in [5.74, 6) is -0.437. The largest absolute Gasteiger partial charge is 0.445 e. The highest BCUT2D eigenvalue weighted by Crippen LogP contribution is 2.02. The van der Waals surface area contributed by atoms with Crippen molar-refractivity contribution < 1.29 is 14.3 Å². The molecule has 0 aromatic heterocycles. The fourth-order valence-electron chi connectivity index (χ4n) is 1.20. The molecule has 0 saturated carbocycles. The van der Waals surface area contributed by atoms with Crippen molar-refractivity contribution in [3.8, 4) is 0 Å². The Balaban J connectivity index is 2.32. The predicted molar refractivity (Wildman–Crippen MR) is 63.1 cm³/mol. The molecule has 1 rings (SSSR count). The van der Waals surface area contributed by atoms with Crippen LogP contribution in [0.25, 0.3) is 0 Å². The molecule has 17 heavy (non-hydrogen) atoms. The van der Waals surface area contributed by atoms with Gasteiger partial charge in [-0.3, -0.25) is 4.79 Å². The van der Waals surface area contributed by atoms with Crippen LogP contribution in [-0.4, -0.2) is 30.5 Å². The highest BCUT2D eigenvalue weighted by Gasteiger charge is 2.10. The lowest BCUT2D eigenvalue weighted by Crippen LogP contribution is -2.30. The van der Waals surface area contributed by atoms with Gasteiger partial charge in [0.25, 0.3) is 0 Å². The van der Waals surface area contributed by atoms with Gasteiger partial charge >= 0.3 is 6.09 Å². The Morgan fingerprint density at radius 3 is 2.53 bits per heavy atom. The van der Waals surface area contributed by atoms with Crippen molar-refractivity contribution in [1.82, 2.24) is 4.90 Å². The molecule has 0 saturated heterocycles. The molecular formula is C12H16N2O3. The van der Waals surface area contributed by atoms with Gasteiger partial charge in [-0.15, -0.1) is 0 Å². The van der Waals surface area contributed by atoms with E-state index in [1.54, 1.807) is 7.05 Å². The fraction of sp³-hybridized carbons (Fsp3) is 0.333. The molecule has 0 unspecified atom stereocenters. The zero-order chi connectivity index (χ0) is 12.7. The van der Waals surface area contributed by atoms with Crippen molar-refractivity contribution in [3.05, 3.63) is 35.9 Å². The molecule has 0 heterocycles. The van der Waals surface area contributed by atoms with Crippen LogP contribution < -0.4 is 5.73 Å². The predicted octanol–water partition coefficient (Wildman–Crippen LogP) is 1.13. The van der Waals surface area contributed by atoms with E-state index >= 15 is 0 Å². The summed E-state index contributed by atoms with van der Waals surface area (Å²) in [6.45, 7) is 0.490. The van der Waals surface area contributed by atoms with E-state index in [0.29, 0.717) is 0 Å². The van der Waals surface area contributed by atoms with Crippen molar-refractivity contribution in [3.63, 3.8) is 0 Å². The van der Waals surface area contributed by atoms with E-state index in [1.807, 2.05) is 30.3 Å². The Labute approximate surface area is 100 Å². The molecular weight excluding hydrogens is 220 g/mol. The number of benzene rings is 1. The Morgan fingerprint density at radius 1 is 1.29 bits per heavy atom. The molecule has 1 aromatic rings. The van der Waals surface area contributed by atoms with E-state index in [2.05, 4.69) is 0 Å². The maximum atomic E-state index is 11.5. The minimum absolute atomic E-state index is 0.136. The van der Waals surface area contributed by atoms with Crippen LogP contribution in [-0.2, 0) is 16.1 Å². The van der Waals surface area contributed by atoms with Crippen LogP contribution in [0, 0.1) is 0 Å². The first-order valence-electron chi connectivity index (χ1n) is 5.29. The molecule has 5 heteroatoms. The van der Waals surface area contributed by atoms with Gasteiger partial charge in [0.15, 0.2) is 0 Å². The second-order valence-electron chi connectivity index (χ2n) is 3.68. The third-order valence-electron chi connectivity index (χ3n) is 2.21. The van der Waals surface area contributed by atoms with E-state index in [-0.39, 0.29) is 19.6 Å². The Morgan fingerprint density at radius 2 is 1.94 bits per heavy atom. The number of primary amides is 1. The first-order chi connectivity index (χ1) is 8.09. The number of amides is 2. The molecule has 0 aliphatic carbocycles. The molecule has 0 aliphatic rings. The maximum absolute atomic E-state index is 11.5. The molecule has 1 aromatic carbocycles. The fourth-order valence-corrected chi connectivity index (χ4v) is 1.20. The number of hydrogen-bond acceptors (Lipinski definition) is 3. The zero-order valence-corrected chi connectivity index (χ0v) is 9.76. The van der Waals surface area contributed by atoms with Gasteiger partial charge < -0.3 is 15.4 Å². The van der Waals surface area contributed by atoms with Crippen LogP contribution in [0.4, 0.5) is 4.79 Å². The van der Waals surface area contributed by atoms with Crippen molar-refractivity contribution in [2.75, 3.05) is 13.6 Å². The van der Waals surface area contributed by atoms with Crippen molar-refractivity contribution >= 4 is 12.0 Å². The monoisotopic (exact) mass is 236 g/mol. The quantitative estimate of drug-likeness (QED) is 0.832. The van der Waals surface area contributed by atoms with Gasteiger partial charge in [0.1, 0.15) is 6.61 Å². The topological polar surface area (TPSA) is 72.6 Å². The molecule has 2 N–H and O–H groups in total. The second-order valence-corrected chi connectivity index (χ2v) is 3.68. The van der Waals surface area contributed by atoms with Crippen LogP contribution in [0.2, 0.25) is 0 Å². The molecule has 0 bridgehead atoms. The smallest absolute Gasteiger partial charge is 0.409 e. The number of hydrogen-bond donors (Lipinski definition) is 1. The van der Waals surface area contributed by atoms with Crippen molar-refractivity contribution in [2.24, 2.45) is 5.73 Å². The first-order valence-corrected chi connectivity index (χ1v) is 5.29. The van der Waals surface area contributed by atoms with E-state index in [4.69, 9.17) is 10.5 Å². The van der Waals surface area contributed by atoms with Gasteiger partial charge in [0.05, 0.1) is 0 Å². The van der Waals surface area contributed by atoms with E-state index < -0.39 is 12.0 Å². The molecule has 0 spiro atoms. The van der Waals surface area contributed by atoms with E-state index in [9.17, 15) is 9.59 Å². The van der Waals surface area contributed by atoms with E-state index in [0.717, 1.165) is 5.56 Å². The third-order valence-corrected chi connectivity index (χ3v) is 2.21. The summed E-state index contributed by atoms with van der Waals surface area (Å²) in [5, 5.41) is 0. The van der Waals surface area contributed by atoms with Crippen molar-refractivity contribution in [1.29, 1.82) is 0 Å². The van der Waals surface area contributed by atoms with Crippen LogP contribution in [0.5, 0.6) is 0 Å². The lowest BCUT2D eigenvalue weighted by Gasteiger charge is -2.15. The van der Waals surface area contributed by atoms with Crippen molar-refractivity contribution in [2.45, 2.75) is 13.0 Å². The number of carbonyl (C=O) groups excluding carboxylic acids is 2. The third kappa shape index (κ3) is 5.01. The normalized spacial score (nSPS) is 9.71. The molecule has 0 fully saturated rings. The average molecular weight is 236 g/mol. The lowest BCUT2D eigenvalue weighted by molar-refractivity contribution is -0.118. The van der Waals surface area contributed by atoms with Gasteiger partial charge in [0, 0.05) is 20.0 Å². The summed E-state index contributed by atoms with van der Waals surface area (Å²) in [6, 6.07) is 9.39. The zero-order valence-electron chi connectivity index (χ0n) is 9.76. The molecule has 2 amide bonds. The van der Waals surface area contributed by atoms with Crippen LogP contribution >= 0.6 is 0 Å². The Bertz CT molecular complexity index is 379. The second kappa shape index (κ2) is 6.52. The molecule has 5 nitrogen and oxygen atoms in total. The van der Waals surface area contributed by atoms with Gasteiger partial charge in [0.2, 0.25) is 5.91 Å². The minimum atomic E-state index is -0.463. The lowest BCUT2D eigenvalue weighted by atomic mass is 10.2. The summed E-state index contributed by atoms with van der Waals surface area (Å²) in [4.78, 5) is 23.4.